The summed E-state index contributed by atoms with van der Waals surface area (Å²) in [6.07, 6.45) is 4.33. The molecule has 1 aromatic heterocycles. The molecule has 1 aromatic carbocycles. The highest BCUT2D eigenvalue weighted by atomic mass is 79.9. The number of alkyl halides is 1. The van der Waals surface area contributed by atoms with Gasteiger partial charge in [-0.2, -0.15) is 0 Å². The zero-order valence-electron chi connectivity index (χ0n) is 10.8. The van der Waals surface area contributed by atoms with E-state index in [4.69, 9.17) is 0 Å². The van der Waals surface area contributed by atoms with Gasteiger partial charge in [-0.15, -0.1) is 0 Å². The summed E-state index contributed by atoms with van der Waals surface area (Å²) >= 11 is 3.46. The standard InChI is InChI=1S/C16H17BrN2/c17-10-13-7-8-16(18-11-13)19-9-3-6-14-4-1-2-5-15(14)12-19/h1-2,4-5,7-8,11H,3,6,9-10,12H2. The van der Waals surface area contributed by atoms with Crippen LogP contribution in [-0.2, 0) is 18.3 Å². The Morgan fingerprint density at radius 1 is 1.11 bits per heavy atom. The molecule has 19 heavy (non-hydrogen) atoms. The fourth-order valence-corrected chi connectivity index (χ4v) is 2.91. The first-order valence-corrected chi connectivity index (χ1v) is 7.81. The number of hydrogen-bond donors (Lipinski definition) is 0. The minimum atomic E-state index is 0.864. The number of fused-ring (bicyclic) bond motifs is 1. The molecule has 98 valence electrons. The molecule has 1 aliphatic heterocycles. The first-order valence-electron chi connectivity index (χ1n) is 6.69. The monoisotopic (exact) mass is 316 g/mol. The van der Waals surface area contributed by atoms with Crippen molar-refractivity contribution in [3.63, 3.8) is 0 Å². The highest BCUT2D eigenvalue weighted by molar-refractivity contribution is 9.08. The van der Waals surface area contributed by atoms with Crippen LogP contribution in [0.5, 0.6) is 0 Å². The molecule has 3 heteroatoms. The van der Waals surface area contributed by atoms with Gasteiger partial charge in [0.2, 0.25) is 0 Å². The van der Waals surface area contributed by atoms with Crippen molar-refractivity contribution in [1.82, 2.24) is 4.98 Å². The van der Waals surface area contributed by atoms with Gasteiger partial charge in [0.1, 0.15) is 5.82 Å². The Labute approximate surface area is 122 Å². The Balaban J connectivity index is 1.85. The molecule has 2 nitrogen and oxygen atoms in total. The Morgan fingerprint density at radius 2 is 1.95 bits per heavy atom. The molecular weight excluding hydrogens is 300 g/mol. The van der Waals surface area contributed by atoms with E-state index in [9.17, 15) is 0 Å². The molecule has 0 aliphatic carbocycles. The molecule has 0 unspecified atom stereocenters. The van der Waals surface area contributed by atoms with Crippen molar-refractivity contribution >= 4 is 21.7 Å². The Bertz CT molecular complexity index is 551. The predicted molar refractivity (Wildman–Crippen MR) is 82.7 cm³/mol. The van der Waals surface area contributed by atoms with Crippen LogP contribution in [0.3, 0.4) is 0 Å². The van der Waals surface area contributed by atoms with Crippen LogP contribution in [0.25, 0.3) is 0 Å². The summed E-state index contributed by atoms with van der Waals surface area (Å²) in [6, 6.07) is 13.0. The molecule has 0 amide bonds. The molecule has 2 heterocycles. The van der Waals surface area contributed by atoms with Crippen LogP contribution in [0.4, 0.5) is 5.82 Å². The number of benzene rings is 1. The average molecular weight is 317 g/mol. The number of halogens is 1. The smallest absolute Gasteiger partial charge is 0.128 e. The summed E-state index contributed by atoms with van der Waals surface area (Å²) in [5, 5.41) is 0.864. The molecule has 2 aromatic rings. The van der Waals surface area contributed by atoms with Gasteiger partial charge >= 0.3 is 0 Å². The van der Waals surface area contributed by atoms with Gasteiger partial charge in [0, 0.05) is 24.6 Å². The summed E-state index contributed by atoms with van der Waals surface area (Å²) in [6.45, 7) is 2.05. The summed E-state index contributed by atoms with van der Waals surface area (Å²) in [7, 11) is 0. The quantitative estimate of drug-likeness (QED) is 0.780. The van der Waals surface area contributed by atoms with E-state index < -0.39 is 0 Å². The lowest BCUT2D eigenvalue weighted by Gasteiger charge is -2.22. The normalized spacial score (nSPS) is 14.9. The second-order valence-electron chi connectivity index (χ2n) is 4.95. The number of hydrogen-bond acceptors (Lipinski definition) is 2. The van der Waals surface area contributed by atoms with Gasteiger partial charge < -0.3 is 4.90 Å². The molecule has 0 N–H and O–H groups in total. The van der Waals surface area contributed by atoms with Crippen molar-refractivity contribution in [1.29, 1.82) is 0 Å². The Morgan fingerprint density at radius 3 is 2.68 bits per heavy atom. The number of aryl methyl sites for hydroxylation is 1. The third kappa shape index (κ3) is 2.81. The average Bonchev–Trinajstić information content (AvgIpc) is 2.69. The van der Waals surface area contributed by atoms with Crippen molar-refractivity contribution in [3.8, 4) is 0 Å². The fraction of sp³-hybridized carbons (Fsp3) is 0.312. The Kier molecular flexibility index (Phi) is 3.83. The van der Waals surface area contributed by atoms with Gasteiger partial charge in [0.05, 0.1) is 0 Å². The van der Waals surface area contributed by atoms with Crippen molar-refractivity contribution in [2.75, 3.05) is 11.4 Å². The molecule has 0 saturated carbocycles. The van der Waals surface area contributed by atoms with Gasteiger partial charge in [-0.1, -0.05) is 46.3 Å². The number of anilines is 1. The third-order valence-corrected chi connectivity index (χ3v) is 4.29. The molecule has 0 saturated heterocycles. The predicted octanol–water partition coefficient (Wildman–Crippen LogP) is 3.93. The maximum Gasteiger partial charge on any atom is 0.128 e. The van der Waals surface area contributed by atoms with Crippen LogP contribution in [0.2, 0.25) is 0 Å². The zero-order chi connectivity index (χ0) is 13.1. The van der Waals surface area contributed by atoms with E-state index in [0.29, 0.717) is 0 Å². The minimum absolute atomic E-state index is 0.864. The Hall–Kier alpha value is -1.35. The van der Waals surface area contributed by atoms with Crippen LogP contribution in [-0.4, -0.2) is 11.5 Å². The van der Waals surface area contributed by atoms with E-state index in [0.717, 1.165) is 24.2 Å². The van der Waals surface area contributed by atoms with Gasteiger partial charge in [0.25, 0.3) is 0 Å². The molecular formula is C16H17BrN2. The molecule has 0 atom stereocenters. The zero-order valence-corrected chi connectivity index (χ0v) is 12.4. The molecule has 0 spiro atoms. The van der Waals surface area contributed by atoms with Gasteiger partial charge in [-0.25, -0.2) is 4.98 Å². The van der Waals surface area contributed by atoms with E-state index >= 15 is 0 Å². The highest BCUT2D eigenvalue weighted by Crippen LogP contribution is 2.22. The largest absolute Gasteiger partial charge is 0.352 e. The highest BCUT2D eigenvalue weighted by Gasteiger charge is 2.14. The van der Waals surface area contributed by atoms with Gasteiger partial charge in [-0.05, 0) is 35.6 Å². The third-order valence-electron chi connectivity index (χ3n) is 3.64. The number of rotatable bonds is 2. The maximum absolute atomic E-state index is 4.58. The minimum Gasteiger partial charge on any atom is -0.352 e. The molecule has 3 rings (SSSR count). The lowest BCUT2D eigenvalue weighted by atomic mass is 10.0. The van der Waals surface area contributed by atoms with E-state index in [1.165, 1.54) is 29.5 Å². The fourth-order valence-electron chi connectivity index (χ4n) is 2.58. The number of nitrogens with zero attached hydrogens (tertiary/aromatic N) is 2. The van der Waals surface area contributed by atoms with Crippen molar-refractivity contribution in [3.05, 3.63) is 59.3 Å². The lowest BCUT2D eigenvalue weighted by Crippen LogP contribution is -2.23. The lowest BCUT2D eigenvalue weighted by molar-refractivity contribution is 0.754. The second-order valence-corrected chi connectivity index (χ2v) is 5.51. The van der Waals surface area contributed by atoms with Crippen LogP contribution in [0.1, 0.15) is 23.1 Å². The van der Waals surface area contributed by atoms with E-state index in [2.05, 4.69) is 62.2 Å². The van der Waals surface area contributed by atoms with Crippen molar-refractivity contribution in [2.24, 2.45) is 0 Å². The SMILES string of the molecule is BrCc1ccc(N2CCCc3ccccc3C2)nc1. The van der Waals surface area contributed by atoms with E-state index in [1.807, 2.05) is 6.20 Å². The maximum atomic E-state index is 4.58. The molecule has 0 bridgehead atoms. The topological polar surface area (TPSA) is 16.1 Å². The molecule has 0 radical (unpaired) electrons. The van der Waals surface area contributed by atoms with Crippen molar-refractivity contribution < 1.29 is 0 Å². The molecule has 1 aliphatic rings. The summed E-state index contributed by atoms with van der Waals surface area (Å²) < 4.78 is 0. The van der Waals surface area contributed by atoms with E-state index in [1.54, 1.807) is 0 Å². The molecule has 0 fully saturated rings. The van der Waals surface area contributed by atoms with Gasteiger partial charge in [-0.3, -0.25) is 0 Å². The summed E-state index contributed by atoms with van der Waals surface area (Å²) in [4.78, 5) is 6.96. The first kappa shape index (κ1) is 12.7. The summed E-state index contributed by atoms with van der Waals surface area (Å²) in [5.41, 5.74) is 4.15. The van der Waals surface area contributed by atoms with Crippen LogP contribution < -0.4 is 4.90 Å². The number of aromatic nitrogens is 1. The van der Waals surface area contributed by atoms with Gasteiger partial charge in [0.15, 0.2) is 0 Å². The summed E-state index contributed by atoms with van der Waals surface area (Å²) in [5.74, 6) is 1.08. The van der Waals surface area contributed by atoms with Crippen LogP contribution in [0.15, 0.2) is 42.6 Å². The van der Waals surface area contributed by atoms with E-state index in [-0.39, 0.29) is 0 Å². The van der Waals surface area contributed by atoms with Crippen LogP contribution in [0, 0.1) is 0 Å². The second kappa shape index (κ2) is 5.74. The van der Waals surface area contributed by atoms with Crippen molar-refractivity contribution in [2.45, 2.75) is 24.7 Å². The van der Waals surface area contributed by atoms with Crippen LogP contribution >= 0.6 is 15.9 Å². The first-order chi connectivity index (χ1) is 9.36. The number of pyridine rings is 1.